The van der Waals surface area contributed by atoms with Crippen molar-refractivity contribution >= 4 is 56.7 Å². The fourth-order valence-electron chi connectivity index (χ4n) is 7.50. The molecule has 0 bridgehead atoms. The van der Waals surface area contributed by atoms with Gasteiger partial charge in [0.1, 0.15) is 40.8 Å². The highest BCUT2D eigenvalue weighted by atomic mass is 32.2. The molecular weight excluding hydrogens is 978 g/mol. The number of nitrogens with one attached hydrogen (secondary N) is 3. The highest BCUT2D eigenvalue weighted by molar-refractivity contribution is 7.85. The van der Waals surface area contributed by atoms with Crippen LogP contribution in [0.5, 0.6) is 17.4 Å². The number of hydrogen-bond donors (Lipinski definition) is 3. The second-order valence-corrected chi connectivity index (χ2v) is 21.8. The quantitative estimate of drug-likeness (QED) is 0.0588. The van der Waals surface area contributed by atoms with E-state index in [1.807, 2.05) is 23.8 Å². The summed E-state index contributed by atoms with van der Waals surface area (Å²) >= 11 is 0. The van der Waals surface area contributed by atoms with E-state index in [1.54, 1.807) is 73.9 Å². The molecule has 2 heterocycles. The van der Waals surface area contributed by atoms with E-state index in [-0.39, 0.29) is 42.6 Å². The Bertz CT molecular complexity index is 2650. The Morgan fingerprint density at radius 2 is 1.57 bits per heavy atom. The number of fused-ring (bicyclic) bond motifs is 1. The minimum Gasteiger partial charge on any atom is -0.497 e. The third-order valence-corrected chi connectivity index (χ3v) is 13.0. The molecule has 3 N–H and O–H groups in total. The number of rotatable bonds is 15. The summed E-state index contributed by atoms with van der Waals surface area (Å²) in [5.74, 6) is -1.72. The molecule has 6 rings (SSSR count). The van der Waals surface area contributed by atoms with E-state index in [1.165, 1.54) is 4.90 Å². The molecule has 72 heavy (non-hydrogen) atoms. The summed E-state index contributed by atoms with van der Waals surface area (Å²) in [5.41, 5.74) is -7.00. The van der Waals surface area contributed by atoms with E-state index in [9.17, 15) is 55.7 Å². The lowest BCUT2D eigenvalue weighted by molar-refractivity contribution is -0.384. The number of halogens is 3. The van der Waals surface area contributed by atoms with Crippen LogP contribution < -0.4 is 29.6 Å². The Morgan fingerprint density at radius 1 is 0.944 bits per heavy atom. The Balaban J connectivity index is 0.000000403. The highest BCUT2D eigenvalue weighted by Crippen LogP contribution is 2.47. The number of non-ortho nitro benzene ring substituents is 1. The number of benzene rings is 2. The number of nitrogens with zero attached hydrogens (tertiary/aromatic N) is 3. The van der Waals surface area contributed by atoms with Crippen molar-refractivity contribution in [3.05, 3.63) is 64.8 Å². The zero-order valence-electron chi connectivity index (χ0n) is 41.8. The summed E-state index contributed by atoms with van der Waals surface area (Å²) < 4.78 is 95.9. The van der Waals surface area contributed by atoms with E-state index < -0.39 is 97.3 Å². The van der Waals surface area contributed by atoms with Crippen LogP contribution in [0.1, 0.15) is 101 Å². The average molecular weight is 1040 g/mol. The molecule has 2 aliphatic carbocycles. The third kappa shape index (κ3) is 14.3. The molecule has 396 valence electrons. The van der Waals surface area contributed by atoms with Gasteiger partial charge in [-0.1, -0.05) is 34.1 Å². The standard InChI is InChI=1S/C36H51N5O10S.C11H10F3NO5/c1-10-22-19-36(22,31(44)40-52(46,47)51-35(8)14-15-35)39-28(42)26-18-24(49-29-25-12-11-23(48-9)17-21(25)13-16-37-29)20-41(26)30(43)27(33(2,3)4)38-32(45)50-34(5,6)7;1-10(2,11(12,13)14)20-9(16)19-8-5-3-7(4-6-8)15(17)18/h11-13,16-17,22,24,26-27H,10,14-15,18-20H2,1-9H3,(H,38,45)(H,39,42)(H,40,44);3-6H,1-2H3/t22-,24-,26+,27-,36-;/m1./s1. The van der Waals surface area contributed by atoms with Gasteiger partial charge < -0.3 is 39.2 Å². The lowest BCUT2D eigenvalue weighted by atomic mass is 9.85. The van der Waals surface area contributed by atoms with Crippen LogP contribution in [0.15, 0.2) is 54.7 Å². The fraction of sp³-hybridized carbons (Fsp3) is 0.574. The second kappa shape index (κ2) is 20.9. The van der Waals surface area contributed by atoms with Gasteiger partial charge >= 0.3 is 28.7 Å². The van der Waals surface area contributed by atoms with Crippen molar-refractivity contribution in [3.8, 4) is 17.4 Å². The molecular formula is C47H61F3N6O15S. The van der Waals surface area contributed by atoms with E-state index in [0.717, 1.165) is 29.7 Å². The molecule has 1 saturated heterocycles. The molecule has 1 aromatic heterocycles. The number of hydrogen-bond acceptors (Lipinski definition) is 16. The zero-order valence-corrected chi connectivity index (χ0v) is 42.6. The molecule has 21 nitrogen and oxygen atoms in total. The van der Waals surface area contributed by atoms with E-state index in [2.05, 4.69) is 25.1 Å². The first-order valence-electron chi connectivity index (χ1n) is 22.8. The molecule has 5 atom stereocenters. The summed E-state index contributed by atoms with van der Waals surface area (Å²) in [6.07, 6.45) is -4.47. The van der Waals surface area contributed by atoms with Gasteiger partial charge in [0, 0.05) is 30.1 Å². The number of carbonyl (C=O) groups excluding carboxylic acids is 5. The van der Waals surface area contributed by atoms with Crippen LogP contribution in [0.3, 0.4) is 0 Å². The Kier molecular flexibility index (Phi) is 16.4. The maximum absolute atomic E-state index is 14.5. The van der Waals surface area contributed by atoms with Crippen LogP contribution in [0.4, 0.5) is 28.4 Å². The maximum Gasteiger partial charge on any atom is 0.514 e. The van der Waals surface area contributed by atoms with Crippen LogP contribution >= 0.6 is 0 Å². The third-order valence-electron chi connectivity index (χ3n) is 11.9. The number of amides is 4. The largest absolute Gasteiger partial charge is 0.514 e. The molecule has 2 aromatic carbocycles. The van der Waals surface area contributed by atoms with Crippen molar-refractivity contribution in [1.82, 2.24) is 25.2 Å². The minimum atomic E-state index is -4.75. The number of aromatic nitrogens is 1. The van der Waals surface area contributed by atoms with Crippen LogP contribution in [0.2, 0.25) is 0 Å². The first-order chi connectivity index (χ1) is 33.1. The highest BCUT2D eigenvalue weighted by Gasteiger charge is 2.62. The number of alkyl carbamates (subject to hydrolysis) is 1. The summed E-state index contributed by atoms with van der Waals surface area (Å²) in [4.78, 5) is 82.0. The second-order valence-electron chi connectivity index (χ2n) is 20.5. The van der Waals surface area contributed by atoms with Gasteiger partial charge in [-0.2, -0.15) is 21.6 Å². The topological polar surface area (TPSA) is 270 Å². The number of carbonyl (C=O) groups is 5. The van der Waals surface area contributed by atoms with Gasteiger partial charge in [-0.15, -0.1) is 0 Å². The molecule has 2 saturated carbocycles. The monoisotopic (exact) mass is 1040 g/mol. The molecule has 3 fully saturated rings. The van der Waals surface area contributed by atoms with Gasteiger partial charge in [0.15, 0.2) is 0 Å². The summed E-state index contributed by atoms with van der Waals surface area (Å²) in [6.45, 7) is 15.2. The predicted molar refractivity (Wildman–Crippen MR) is 251 cm³/mol. The Labute approximate surface area is 414 Å². The first-order valence-corrected chi connectivity index (χ1v) is 24.2. The SMILES string of the molecule is CC(C)(OC(=O)Oc1ccc([N+](=O)[O-])cc1)C(F)(F)F.CC[C@@H]1C[C@]1(NC(=O)[C@@H]1C[C@@H](Oc2nccc3cc(OC)ccc23)CN1C(=O)[C@@H](NC(=O)OC(C)(C)C)C(C)(C)C)C(=O)NS(=O)(=O)OC1(C)CC1. The summed E-state index contributed by atoms with van der Waals surface area (Å²) in [5, 5.41) is 17.4. The minimum absolute atomic E-state index is 0.0172. The van der Waals surface area contributed by atoms with Crippen molar-refractivity contribution < 1.29 is 78.4 Å². The van der Waals surface area contributed by atoms with Gasteiger partial charge in [0.25, 0.3) is 11.6 Å². The van der Waals surface area contributed by atoms with Crippen LogP contribution in [0, 0.1) is 21.4 Å². The normalized spacial score (nSPS) is 20.9. The van der Waals surface area contributed by atoms with Crippen LogP contribution in [0.25, 0.3) is 10.8 Å². The average Bonchev–Trinajstić information content (AvgIpc) is 4.12. The van der Waals surface area contributed by atoms with Gasteiger partial charge in [-0.25, -0.2) is 23.5 Å². The molecule has 1 aliphatic heterocycles. The van der Waals surface area contributed by atoms with Crippen molar-refractivity contribution in [2.24, 2.45) is 11.3 Å². The van der Waals surface area contributed by atoms with Crippen LogP contribution in [-0.4, -0.2) is 114 Å². The molecule has 3 aromatic rings. The molecule has 0 radical (unpaired) electrons. The molecule has 4 amide bonds. The number of alkyl halides is 3. The molecule has 0 spiro atoms. The van der Waals surface area contributed by atoms with Crippen molar-refractivity contribution in [1.29, 1.82) is 0 Å². The fourth-order valence-corrected chi connectivity index (χ4v) is 8.65. The predicted octanol–water partition coefficient (Wildman–Crippen LogP) is 7.20. The van der Waals surface area contributed by atoms with E-state index in [0.29, 0.717) is 44.2 Å². The van der Waals surface area contributed by atoms with Gasteiger partial charge in [0.05, 0.1) is 24.2 Å². The maximum atomic E-state index is 14.5. The number of pyridine rings is 1. The smallest absolute Gasteiger partial charge is 0.497 e. The lowest BCUT2D eigenvalue weighted by Gasteiger charge is -2.36. The number of nitro groups is 1. The lowest BCUT2D eigenvalue weighted by Crippen LogP contribution is -2.60. The number of ether oxygens (including phenoxy) is 5. The number of likely N-dealkylation sites (tertiary alicyclic amines) is 1. The Hall–Kier alpha value is -6.50. The van der Waals surface area contributed by atoms with E-state index >= 15 is 0 Å². The summed E-state index contributed by atoms with van der Waals surface area (Å²) in [7, 11) is -2.88. The van der Waals surface area contributed by atoms with E-state index in [4.69, 9.17) is 18.4 Å². The summed E-state index contributed by atoms with van der Waals surface area (Å²) in [6, 6.07) is 9.17. The number of methoxy groups -OCH3 is 1. The van der Waals surface area contributed by atoms with Gasteiger partial charge in [-0.05, 0) is 114 Å². The first kappa shape index (κ1) is 56.4. The van der Waals surface area contributed by atoms with Crippen LogP contribution in [-0.2, 0) is 38.3 Å². The molecule has 3 aliphatic rings. The number of nitro benzene ring substituents is 1. The van der Waals surface area contributed by atoms with Crippen molar-refractivity contribution in [2.75, 3.05) is 13.7 Å². The van der Waals surface area contributed by atoms with Gasteiger partial charge in [0.2, 0.25) is 23.3 Å². The van der Waals surface area contributed by atoms with Gasteiger partial charge in [-0.3, -0.25) is 24.5 Å². The zero-order chi connectivity index (χ0) is 54.0. The van der Waals surface area contributed by atoms with Crippen molar-refractivity contribution in [3.63, 3.8) is 0 Å². The van der Waals surface area contributed by atoms with Crippen molar-refractivity contribution in [2.45, 2.75) is 148 Å². The molecule has 25 heteroatoms. The Morgan fingerprint density at radius 3 is 2.10 bits per heavy atom. The molecule has 0 unspecified atom stereocenters.